The quantitative estimate of drug-likeness (QED) is 0.828. The summed E-state index contributed by atoms with van der Waals surface area (Å²) in [5.41, 5.74) is 6.41. The smallest absolute Gasteiger partial charge is 0.251 e. The third-order valence-electron chi connectivity index (χ3n) is 3.14. The summed E-state index contributed by atoms with van der Waals surface area (Å²) in [7, 11) is 0. The Bertz CT molecular complexity index is 467. The normalized spacial score (nSPS) is 16.1. The zero-order valence-electron chi connectivity index (χ0n) is 11.0. The predicted octanol–water partition coefficient (Wildman–Crippen LogP) is 1.64. The van der Waals surface area contributed by atoms with Crippen LogP contribution < -0.4 is 11.1 Å². The van der Waals surface area contributed by atoms with E-state index in [1.54, 1.807) is 0 Å². The maximum absolute atomic E-state index is 12.0. The van der Waals surface area contributed by atoms with Crippen LogP contribution in [0.4, 0.5) is 5.69 Å². The Morgan fingerprint density at radius 2 is 2.05 bits per heavy atom. The van der Waals surface area contributed by atoms with Crippen LogP contribution in [0.1, 0.15) is 10.4 Å². The minimum absolute atomic E-state index is 0.205. The molecule has 0 atom stereocenters. The van der Waals surface area contributed by atoms with Crippen LogP contribution in [0.15, 0.2) is 12.1 Å². The fourth-order valence-corrected chi connectivity index (χ4v) is 2.33. The number of ether oxygens (including phenoxy) is 1. The van der Waals surface area contributed by atoms with Gasteiger partial charge in [0, 0.05) is 31.7 Å². The molecule has 1 aliphatic heterocycles. The molecule has 3 N–H and O–H groups in total. The first-order valence-electron chi connectivity index (χ1n) is 6.41. The number of anilines is 1. The van der Waals surface area contributed by atoms with Gasteiger partial charge in [-0.1, -0.05) is 23.2 Å². The van der Waals surface area contributed by atoms with Crippen molar-refractivity contribution < 1.29 is 9.53 Å². The Kier molecular flexibility index (Phi) is 5.48. The molecule has 0 saturated carbocycles. The van der Waals surface area contributed by atoms with E-state index in [2.05, 4.69) is 10.2 Å². The number of benzene rings is 1. The van der Waals surface area contributed by atoms with Crippen LogP contribution in [-0.4, -0.2) is 50.2 Å². The summed E-state index contributed by atoms with van der Waals surface area (Å²) in [5, 5.41) is 3.40. The second-order valence-corrected chi connectivity index (χ2v) is 5.36. The van der Waals surface area contributed by atoms with Gasteiger partial charge < -0.3 is 15.8 Å². The molecule has 0 radical (unpaired) electrons. The molecule has 0 unspecified atom stereocenters. The maximum Gasteiger partial charge on any atom is 0.251 e. The van der Waals surface area contributed by atoms with Crippen molar-refractivity contribution >= 4 is 34.8 Å². The molecule has 1 saturated heterocycles. The molecule has 1 amide bonds. The summed E-state index contributed by atoms with van der Waals surface area (Å²) in [6.07, 6.45) is 0. The van der Waals surface area contributed by atoms with Crippen LogP contribution in [0.3, 0.4) is 0 Å². The zero-order chi connectivity index (χ0) is 14.5. The number of nitrogen functional groups attached to an aromatic ring is 1. The number of halogens is 2. The molecule has 5 nitrogen and oxygen atoms in total. The van der Waals surface area contributed by atoms with Gasteiger partial charge in [-0.15, -0.1) is 0 Å². The number of nitrogens with one attached hydrogen (secondary N) is 1. The van der Waals surface area contributed by atoms with Crippen molar-refractivity contribution in [2.75, 3.05) is 45.1 Å². The van der Waals surface area contributed by atoms with Crippen LogP contribution in [-0.2, 0) is 4.74 Å². The fraction of sp³-hybridized carbons (Fsp3) is 0.462. The van der Waals surface area contributed by atoms with Gasteiger partial charge in [-0.2, -0.15) is 0 Å². The molecule has 1 fully saturated rings. The Morgan fingerprint density at radius 3 is 2.70 bits per heavy atom. The van der Waals surface area contributed by atoms with E-state index in [1.165, 1.54) is 12.1 Å². The Morgan fingerprint density at radius 1 is 1.35 bits per heavy atom. The molecule has 1 aromatic carbocycles. The van der Waals surface area contributed by atoms with E-state index in [0.717, 1.165) is 32.8 Å². The number of nitrogens with zero attached hydrogens (tertiary/aromatic N) is 1. The van der Waals surface area contributed by atoms with Gasteiger partial charge in [0.05, 0.1) is 28.9 Å². The van der Waals surface area contributed by atoms with E-state index in [9.17, 15) is 4.79 Å². The van der Waals surface area contributed by atoms with Gasteiger partial charge in [-0.25, -0.2) is 0 Å². The third kappa shape index (κ3) is 3.99. The number of carbonyl (C=O) groups excluding carboxylic acids is 1. The van der Waals surface area contributed by atoms with Gasteiger partial charge in [-0.05, 0) is 12.1 Å². The van der Waals surface area contributed by atoms with Gasteiger partial charge in [0.15, 0.2) is 0 Å². The van der Waals surface area contributed by atoms with E-state index < -0.39 is 0 Å². The van der Waals surface area contributed by atoms with Crippen LogP contribution in [0, 0.1) is 0 Å². The molecule has 0 spiro atoms. The highest BCUT2D eigenvalue weighted by molar-refractivity contribution is 6.43. The highest BCUT2D eigenvalue weighted by atomic mass is 35.5. The Balaban J connectivity index is 1.85. The van der Waals surface area contributed by atoms with Crippen LogP contribution in [0.25, 0.3) is 0 Å². The van der Waals surface area contributed by atoms with Crippen molar-refractivity contribution in [3.63, 3.8) is 0 Å². The summed E-state index contributed by atoms with van der Waals surface area (Å²) in [5.74, 6) is -0.205. The summed E-state index contributed by atoms with van der Waals surface area (Å²) < 4.78 is 5.26. The van der Waals surface area contributed by atoms with Crippen molar-refractivity contribution in [2.45, 2.75) is 0 Å². The minimum Gasteiger partial charge on any atom is -0.397 e. The van der Waals surface area contributed by atoms with Gasteiger partial charge in [0.2, 0.25) is 0 Å². The number of hydrogen-bond donors (Lipinski definition) is 2. The van der Waals surface area contributed by atoms with Crippen LogP contribution in [0.2, 0.25) is 10.0 Å². The van der Waals surface area contributed by atoms with Crippen molar-refractivity contribution in [2.24, 2.45) is 0 Å². The van der Waals surface area contributed by atoms with E-state index in [4.69, 9.17) is 33.7 Å². The number of rotatable bonds is 4. The first kappa shape index (κ1) is 15.4. The highest BCUT2D eigenvalue weighted by Crippen LogP contribution is 2.29. The van der Waals surface area contributed by atoms with Crippen LogP contribution >= 0.6 is 23.2 Å². The number of hydrogen-bond acceptors (Lipinski definition) is 4. The average molecular weight is 318 g/mol. The van der Waals surface area contributed by atoms with Gasteiger partial charge in [0.25, 0.3) is 5.91 Å². The molecule has 1 aliphatic rings. The van der Waals surface area contributed by atoms with E-state index in [1.807, 2.05) is 0 Å². The lowest BCUT2D eigenvalue weighted by molar-refractivity contribution is 0.0383. The van der Waals surface area contributed by atoms with Crippen LogP contribution in [0.5, 0.6) is 0 Å². The first-order chi connectivity index (χ1) is 9.58. The van der Waals surface area contributed by atoms with Crippen molar-refractivity contribution in [3.8, 4) is 0 Å². The monoisotopic (exact) mass is 317 g/mol. The predicted molar refractivity (Wildman–Crippen MR) is 80.5 cm³/mol. The molecule has 2 rings (SSSR count). The summed E-state index contributed by atoms with van der Waals surface area (Å²) in [4.78, 5) is 14.2. The van der Waals surface area contributed by atoms with E-state index in [0.29, 0.717) is 17.8 Å². The van der Waals surface area contributed by atoms with E-state index in [-0.39, 0.29) is 16.0 Å². The summed E-state index contributed by atoms with van der Waals surface area (Å²) in [6.45, 7) is 4.66. The van der Waals surface area contributed by atoms with E-state index >= 15 is 0 Å². The molecule has 0 aromatic heterocycles. The maximum atomic E-state index is 12.0. The number of amides is 1. The molecule has 1 heterocycles. The average Bonchev–Trinajstić information content (AvgIpc) is 2.45. The molecular weight excluding hydrogens is 301 g/mol. The molecule has 110 valence electrons. The topological polar surface area (TPSA) is 67.6 Å². The lowest BCUT2D eigenvalue weighted by atomic mass is 10.2. The third-order valence-corrected chi connectivity index (χ3v) is 3.95. The summed E-state index contributed by atoms with van der Waals surface area (Å²) >= 11 is 11.8. The zero-order valence-corrected chi connectivity index (χ0v) is 12.5. The Labute approximate surface area is 128 Å². The number of carbonyl (C=O) groups is 1. The fourth-order valence-electron chi connectivity index (χ4n) is 2.00. The molecule has 0 aliphatic carbocycles. The minimum atomic E-state index is -0.205. The lowest BCUT2D eigenvalue weighted by Gasteiger charge is -2.26. The van der Waals surface area contributed by atoms with Gasteiger partial charge in [-0.3, -0.25) is 9.69 Å². The molecular formula is C13H17Cl2N3O2. The second-order valence-electron chi connectivity index (χ2n) is 4.57. The number of nitrogens with two attached hydrogens (primary N) is 1. The highest BCUT2D eigenvalue weighted by Gasteiger charge is 2.13. The van der Waals surface area contributed by atoms with Gasteiger partial charge >= 0.3 is 0 Å². The standard InChI is InChI=1S/C13H17Cl2N3O2/c14-10-7-9(8-11(16)12(10)15)13(19)17-1-2-18-3-5-20-6-4-18/h7-8H,1-6,16H2,(H,17,19). The van der Waals surface area contributed by atoms with Crippen molar-refractivity contribution in [1.82, 2.24) is 10.2 Å². The molecule has 1 aromatic rings. The lowest BCUT2D eigenvalue weighted by Crippen LogP contribution is -2.41. The first-order valence-corrected chi connectivity index (χ1v) is 7.16. The van der Waals surface area contributed by atoms with Crippen molar-refractivity contribution in [1.29, 1.82) is 0 Å². The second kappa shape index (κ2) is 7.13. The molecule has 7 heteroatoms. The van der Waals surface area contributed by atoms with Crippen molar-refractivity contribution in [3.05, 3.63) is 27.7 Å². The summed E-state index contributed by atoms with van der Waals surface area (Å²) in [6, 6.07) is 3.04. The Hall–Kier alpha value is -1.01. The molecule has 20 heavy (non-hydrogen) atoms. The SMILES string of the molecule is Nc1cc(C(=O)NCCN2CCOCC2)cc(Cl)c1Cl. The largest absolute Gasteiger partial charge is 0.397 e. The molecule has 0 bridgehead atoms. The number of morpholine rings is 1. The van der Waals surface area contributed by atoms with Gasteiger partial charge in [0.1, 0.15) is 0 Å².